The number of hydrogen-bond acceptors (Lipinski definition) is 9. The van der Waals surface area contributed by atoms with Crippen molar-refractivity contribution in [3.8, 4) is 0 Å². The van der Waals surface area contributed by atoms with Gasteiger partial charge in [0.05, 0.1) is 17.1 Å². The Hall–Kier alpha value is -3.78. The molecule has 0 aliphatic carbocycles. The molecular weight excluding hydrogens is 468 g/mol. The average molecular weight is 485 g/mol. The number of benzene rings is 1. The Balaban J connectivity index is 1.27. The maximum atomic E-state index is 12.7. The zero-order chi connectivity index (χ0) is 23.0. The zero-order valence-electron chi connectivity index (χ0n) is 16.8. The Bertz CT molecular complexity index is 1500. The lowest BCUT2D eigenvalue weighted by molar-refractivity contribution is -0.116. The van der Waals surface area contributed by atoms with E-state index in [1.807, 2.05) is 0 Å². The van der Waals surface area contributed by atoms with Crippen LogP contribution in [0, 0.1) is 0 Å². The van der Waals surface area contributed by atoms with Crippen molar-refractivity contribution in [3.05, 3.63) is 59.3 Å². The standard InChI is InChI=1S/C19H16N8O4S2/c28-15(8-12-10-32-19-24-16-14(9-22-25-16)17(29)27(12)19)23-11-2-4-13(5-3-11)33(30,31)26-18-20-6-1-7-21-18/h1-7,9,12H,8,10H2,(H,22,25)(H,23,28)(H,20,21,26). The monoisotopic (exact) mass is 484 g/mol. The van der Waals surface area contributed by atoms with Crippen LogP contribution >= 0.6 is 11.8 Å². The number of thioether (sulfide) groups is 1. The number of H-pyrrole nitrogens is 1. The van der Waals surface area contributed by atoms with Crippen molar-refractivity contribution in [1.82, 2.24) is 29.7 Å². The van der Waals surface area contributed by atoms with Crippen molar-refractivity contribution < 1.29 is 13.2 Å². The predicted molar refractivity (Wildman–Crippen MR) is 120 cm³/mol. The van der Waals surface area contributed by atoms with Gasteiger partial charge in [0.1, 0.15) is 5.39 Å². The highest BCUT2D eigenvalue weighted by atomic mass is 32.2. The molecule has 0 spiro atoms. The second-order valence-electron chi connectivity index (χ2n) is 7.12. The summed E-state index contributed by atoms with van der Waals surface area (Å²) in [6.45, 7) is 0. The van der Waals surface area contributed by atoms with E-state index in [2.05, 4.69) is 35.2 Å². The van der Waals surface area contributed by atoms with E-state index in [1.165, 1.54) is 59.2 Å². The fourth-order valence-corrected chi connectivity index (χ4v) is 5.47. The molecule has 1 aliphatic rings. The number of carbonyl (C=O) groups excluding carboxylic acids is 1. The molecule has 0 fully saturated rings. The van der Waals surface area contributed by atoms with Crippen LogP contribution in [0.15, 0.2) is 63.8 Å². The van der Waals surface area contributed by atoms with Crippen LogP contribution in [-0.4, -0.2) is 49.8 Å². The molecule has 1 unspecified atom stereocenters. The lowest BCUT2D eigenvalue weighted by Crippen LogP contribution is -2.27. The maximum Gasteiger partial charge on any atom is 0.265 e. The van der Waals surface area contributed by atoms with E-state index in [1.54, 1.807) is 6.07 Å². The number of aromatic amines is 1. The molecule has 0 bridgehead atoms. The molecule has 14 heteroatoms. The van der Waals surface area contributed by atoms with E-state index < -0.39 is 10.0 Å². The Morgan fingerprint density at radius 3 is 2.73 bits per heavy atom. The molecule has 1 atom stereocenters. The van der Waals surface area contributed by atoms with Crippen molar-refractivity contribution in [1.29, 1.82) is 0 Å². The third kappa shape index (κ3) is 4.17. The minimum absolute atomic E-state index is 0.00386. The maximum absolute atomic E-state index is 12.7. The van der Waals surface area contributed by atoms with Gasteiger partial charge in [0.25, 0.3) is 15.6 Å². The van der Waals surface area contributed by atoms with Gasteiger partial charge in [0.15, 0.2) is 10.8 Å². The number of fused-ring (bicyclic) bond motifs is 2. The number of nitrogens with zero attached hydrogens (tertiary/aromatic N) is 5. The minimum atomic E-state index is -3.87. The molecule has 1 aromatic carbocycles. The number of aromatic nitrogens is 6. The quantitative estimate of drug-likeness (QED) is 0.343. The summed E-state index contributed by atoms with van der Waals surface area (Å²) in [6, 6.07) is 6.93. The van der Waals surface area contributed by atoms with Gasteiger partial charge in [-0.1, -0.05) is 11.8 Å². The molecule has 0 saturated carbocycles. The van der Waals surface area contributed by atoms with Gasteiger partial charge in [0, 0.05) is 30.3 Å². The summed E-state index contributed by atoms with van der Waals surface area (Å²) in [4.78, 5) is 37.4. The Labute approximate surface area is 190 Å². The summed E-state index contributed by atoms with van der Waals surface area (Å²) in [5.74, 6) is 0.196. The first kappa shape index (κ1) is 21.1. The van der Waals surface area contributed by atoms with Gasteiger partial charge in [-0.25, -0.2) is 28.1 Å². The first-order valence-electron chi connectivity index (χ1n) is 9.69. The van der Waals surface area contributed by atoms with Gasteiger partial charge in [-0.15, -0.1) is 0 Å². The molecule has 12 nitrogen and oxygen atoms in total. The van der Waals surface area contributed by atoms with E-state index in [0.29, 0.717) is 27.6 Å². The van der Waals surface area contributed by atoms with Crippen molar-refractivity contribution in [3.63, 3.8) is 0 Å². The number of anilines is 2. The molecule has 168 valence electrons. The van der Waals surface area contributed by atoms with Gasteiger partial charge in [-0.2, -0.15) is 5.10 Å². The molecule has 33 heavy (non-hydrogen) atoms. The third-order valence-corrected chi connectivity index (χ3v) is 7.35. The van der Waals surface area contributed by atoms with Crippen LogP contribution in [0.2, 0.25) is 0 Å². The summed E-state index contributed by atoms with van der Waals surface area (Å²) in [5.41, 5.74) is 0.611. The molecule has 1 amide bonds. The highest BCUT2D eigenvalue weighted by Gasteiger charge is 2.29. The Morgan fingerprint density at radius 2 is 1.97 bits per heavy atom. The van der Waals surface area contributed by atoms with Gasteiger partial charge in [0.2, 0.25) is 11.9 Å². The molecule has 0 saturated heterocycles. The fraction of sp³-hybridized carbons (Fsp3) is 0.158. The fourth-order valence-electron chi connectivity index (χ4n) is 3.38. The smallest absolute Gasteiger partial charge is 0.265 e. The summed E-state index contributed by atoms with van der Waals surface area (Å²) < 4.78 is 28.7. The highest BCUT2D eigenvalue weighted by molar-refractivity contribution is 7.99. The summed E-state index contributed by atoms with van der Waals surface area (Å²) in [6.07, 6.45) is 4.34. The van der Waals surface area contributed by atoms with Crippen LogP contribution in [0.25, 0.3) is 11.0 Å². The highest BCUT2D eigenvalue weighted by Crippen LogP contribution is 2.33. The second kappa shape index (κ2) is 8.29. The van der Waals surface area contributed by atoms with E-state index in [0.717, 1.165) is 0 Å². The number of sulfonamides is 1. The number of amides is 1. The molecule has 4 aromatic rings. The SMILES string of the molecule is O=C(CC1CSc2nc3[nH]ncc3c(=O)n21)Nc1ccc(S(=O)(=O)Nc2ncccn2)cc1. The van der Waals surface area contributed by atoms with Gasteiger partial charge >= 0.3 is 0 Å². The first-order valence-corrected chi connectivity index (χ1v) is 12.2. The normalized spacial score (nSPS) is 15.3. The molecule has 3 aromatic heterocycles. The van der Waals surface area contributed by atoms with Gasteiger partial charge < -0.3 is 5.32 Å². The van der Waals surface area contributed by atoms with Crippen molar-refractivity contribution in [2.75, 3.05) is 15.8 Å². The predicted octanol–water partition coefficient (Wildman–Crippen LogP) is 1.39. The number of hydrogen-bond donors (Lipinski definition) is 3. The van der Waals surface area contributed by atoms with Crippen LogP contribution < -0.4 is 15.6 Å². The summed E-state index contributed by atoms with van der Waals surface area (Å²) in [5, 5.41) is 10.2. The third-order valence-electron chi connectivity index (χ3n) is 4.91. The lowest BCUT2D eigenvalue weighted by atomic mass is 10.2. The van der Waals surface area contributed by atoms with Crippen LogP contribution in [0.5, 0.6) is 0 Å². The summed E-state index contributed by atoms with van der Waals surface area (Å²) in [7, 11) is -3.87. The summed E-state index contributed by atoms with van der Waals surface area (Å²) >= 11 is 1.40. The van der Waals surface area contributed by atoms with E-state index in [9.17, 15) is 18.0 Å². The number of rotatable bonds is 6. The van der Waals surface area contributed by atoms with Crippen LogP contribution in [0.1, 0.15) is 12.5 Å². The van der Waals surface area contributed by atoms with Crippen molar-refractivity contribution >= 4 is 50.4 Å². The molecular formula is C19H16N8O4S2. The first-order chi connectivity index (χ1) is 15.9. The van der Waals surface area contributed by atoms with Crippen LogP contribution in [0.3, 0.4) is 0 Å². The number of carbonyl (C=O) groups is 1. The molecule has 3 N–H and O–H groups in total. The molecule has 5 rings (SSSR count). The molecule has 1 aliphatic heterocycles. The number of nitrogens with one attached hydrogen (secondary N) is 3. The van der Waals surface area contributed by atoms with Crippen molar-refractivity contribution in [2.24, 2.45) is 0 Å². The average Bonchev–Trinajstić information content (AvgIpc) is 3.42. The van der Waals surface area contributed by atoms with Crippen molar-refractivity contribution in [2.45, 2.75) is 22.5 Å². The Kier molecular flexibility index (Phi) is 5.30. The second-order valence-corrected chi connectivity index (χ2v) is 9.79. The molecule has 0 radical (unpaired) electrons. The topological polar surface area (TPSA) is 165 Å². The molecule has 4 heterocycles. The van der Waals surface area contributed by atoms with Gasteiger partial charge in [-0.05, 0) is 30.3 Å². The van der Waals surface area contributed by atoms with Crippen LogP contribution in [0.4, 0.5) is 11.6 Å². The largest absolute Gasteiger partial charge is 0.326 e. The van der Waals surface area contributed by atoms with E-state index in [4.69, 9.17) is 0 Å². The van der Waals surface area contributed by atoms with Crippen LogP contribution in [-0.2, 0) is 14.8 Å². The van der Waals surface area contributed by atoms with E-state index >= 15 is 0 Å². The minimum Gasteiger partial charge on any atom is -0.326 e. The van der Waals surface area contributed by atoms with Gasteiger partial charge in [-0.3, -0.25) is 19.3 Å². The Morgan fingerprint density at radius 1 is 1.21 bits per heavy atom. The zero-order valence-corrected chi connectivity index (χ0v) is 18.4. The van der Waals surface area contributed by atoms with E-state index in [-0.39, 0.29) is 34.8 Å². The lowest BCUT2D eigenvalue weighted by Gasteiger charge is -2.13.